The maximum atomic E-state index is 13.2. The lowest BCUT2D eigenvalue weighted by atomic mass is 9.65. The molecule has 1 amide bonds. The van der Waals surface area contributed by atoms with Crippen LogP contribution in [0.15, 0.2) is 0 Å². The Morgan fingerprint density at radius 2 is 1.64 bits per heavy atom. The van der Waals surface area contributed by atoms with E-state index in [1.165, 1.54) is 11.3 Å². The third-order valence-electron chi connectivity index (χ3n) is 6.20. The van der Waals surface area contributed by atoms with E-state index in [1.54, 1.807) is 4.90 Å². The third kappa shape index (κ3) is 4.10. The normalized spacial score (nSPS) is 34.4. The van der Waals surface area contributed by atoms with Crippen LogP contribution in [0.4, 0.5) is 17.6 Å². The highest BCUT2D eigenvalue weighted by atomic mass is 19.3. The van der Waals surface area contributed by atoms with Gasteiger partial charge in [-0.15, -0.1) is 0 Å². The molecule has 1 aliphatic heterocycles. The number of carbonyl (C=O) groups is 1. The van der Waals surface area contributed by atoms with Crippen molar-refractivity contribution in [3.05, 3.63) is 0 Å². The van der Waals surface area contributed by atoms with Crippen LogP contribution in [-0.4, -0.2) is 66.8 Å². The highest BCUT2D eigenvalue weighted by Gasteiger charge is 2.44. The Balaban J connectivity index is 1.50. The molecular formula is C17H27F4N3O. The molecular weight excluding hydrogens is 338 g/mol. The van der Waals surface area contributed by atoms with E-state index in [1.807, 2.05) is 0 Å². The Morgan fingerprint density at radius 3 is 2.16 bits per heavy atom. The predicted octanol–water partition coefficient (Wildman–Crippen LogP) is 2.18. The lowest BCUT2D eigenvalue weighted by Crippen LogP contribution is -2.55. The van der Waals surface area contributed by atoms with Crippen molar-refractivity contribution >= 4 is 5.91 Å². The average Bonchev–Trinajstić information content (AvgIpc) is 2.54. The van der Waals surface area contributed by atoms with Crippen molar-refractivity contribution in [2.75, 3.05) is 32.7 Å². The summed E-state index contributed by atoms with van der Waals surface area (Å²) in [6.07, 6.45) is 1.33. The number of alkyl halides is 4. The van der Waals surface area contributed by atoms with E-state index in [0.29, 0.717) is 24.9 Å². The van der Waals surface area contributed by atoms with Crippen molar-refractivity contribution in [2.45, 2.75) is 50.5 Å². The summed E-state index contributed by atoms with van der Waals surface area (Å²) in [6, 6.07) is 0.200. The summed E-state index contributed by atoms with van der Waals surface area (Å²) in [4.78, 5) is 15.8. The van der Waals surface area contributed by atoms with Gasteiger partial charge in [0, 0.05) is 38.1 Å². The molecule has 2 saturated carbocycles. The second-order valence-corrected chi connectivity index (χ2v) is 7.86. The van der Waals surface area contributed by atoms with Gasteiger partial charge in [-0.05, 0) is 37.5 Å². The molecule has 0 spiro atoms. The number of rotatable bonds is 4. The van der Waals surface area contributed by atoms with Crippen LogP contribution < -0.4 is 5.73 Å². The number of carbonyl (C=O) groups excluding carboxylic acids is 1. The second kappa shape index (κ2) is 7.39. The summed E-state index contributed by atoms with van der Waals surface area (Å²) in [7, 11) is 0. The number of hydrogen-bond acceptors (Lipinski definition) is 3. The fourth-order valence-electron chi connectivity index (χ4n) is 4.74. The Hall–Kier alpha value is -0.890. The van der Waals surface area contributed by atoms with Gasteiger partial charge in [0.1, 0.15) is 0 Å². The highest BCUT2D eigenvalue weighted by Crippen LogP contribution is 2.42. The van der Waals surface area contributed by atoms with Crippen LogP contribution in [0.25, 0.3) is 0 Å². The molecule has 0 aromatic carbocycles. The van der Waals surface area contributed by atoms with Gasteiger partial charge in [-0.25, -0.2) is 8.78 Å². The highest BCUT2D eigenvalue weighted by molar-refractivity contribution is 5.79. The molecule has 2 bridgehead atoms. The minimum absolute atomic E-state index is 0.0239. The summed E-state index contributed by atoms with van der Waals surface area (Å²) in [5, 5.41) is 0. The molecule has 3 fully saturated rings. The molecule has 2 atom stereocenters. The first-order valence-electron chi connectivity index (χ1n) is 9.20. The molecule has 25 heavy (non-hydrogen) atoms. The molecule has 8 heteroatoms. The third-order valence-corrected chi connectivity index (χ3v) is 6.20. The topological polar surface area (TPSA) is 49.6 Å². The van der Waals surface area contributed by atoms with Crippen LogP contribution >= 0.6 is 0 Å². The molecule has 144 valence electrons. The quantitative estimate of drug-likeness (QED) is 0.777. The van der Waals surface area contributed by atoms with Crippen LogP contribution in [0.1, 0.15) is 32.1 Å². The van der Waals surface area contributed by atoms with Crippen LogP contribution in [0, 0.1) is 17.8 Å². The molecule has 0 aromatic rings. The minimum Gasteiger partial charge on any atom is -0.340 e. The van der Waals surface area contributed by atoms with Crippen molar-refractivity contribution in [1.29, 1.82) is 0 Å². The summed E-state index contributed by atoms with van der Waals surface area (Å²) in [6.45, 7) is 0.140. The van der Waals surface area contributed by atoms with Crippen LogP contribution in [0.2, 0.25) is 0 Å². The minimum atomic E-state index is -4.00. The Bertz CT molecular complexity index is 469. The lowest BCUT2D eigenvalue weighted by molar-refractivity contribution is -0.150. The smallest absolute Gasteiger partial charge is 0.319 e. The SMILES string of the molecule is NC1C2CCCC1CC(C(=O)N1CCN(CC(F)(F)C(F)F)CC1)C2. The van der Waals surface area contributed by atoms with E-state index in [9.17, 15) is 22.4 Å². The summed E-state index contributed by atoms with van der Waals surface area (Å²) in [5.74, 6) is -3.11. The Kier molecular flexibility index (Phi) is 5.58. The first-order chi connectivity index (χ1) is 11.8. The number of hydrogen-bond donors (Lipinski definition) is 1. The first-order valence-corrected chi connectivity index (χ1v) is 9.20. The van der Waals surface area contributed by atoms with Gasteiger partial charge in [0.05, 0.1) is 6.54 Å². The number of amides is 1. The zero-order valence-corrected chi connectivity index (χ0v) is 14.3. The predicted molar refractivity (Wildman–Crippen MR) is 85.5 cm³/mol. The summed E-state index contributed by atoms with van der Waals surface area (Å²) >= 11 is 0. The maximum Gasteiger partial charge on any atom is 0.319 e. The van der Waals surface area contributed by atoms with Gasteiger partial charge >= 0.3 is 12.3 Å². The molecule has 2 aliphatic carbocycles. The van der Waals surface area contributed by atoms with Gasteiger partial charge in [-0.2, -0.15) is 8.78 Å². The molecule has 4 nitrogen and oxygen atoms in total. The van der Waals surface area contributed by atoms with Gasteiger partial charge < -0.3 is 10.6 Å². The zero-order valence-electron chi connectivity index (χ0n) is 14.3. The van der Waals surface area contributed by atoms with E-state index in [-0.39, 0.29) is 31.0 Å². The molecule has 3 aliphatic rings. The van der Waals surface area contributed by atoms with Gasteiger partial charge in [0.2, 0.25) is 5.91 Å². The van der Waals surface area contributed by atoms with Crippen molar-refractivity contribution in [1.82, 2.24) is 9.80 Å². The molecule has 3 rings (SSSR count). The number of piperazine rings is 1. The Morgan fingerprint density at radius 1 is 1.08 bits per heavy atom. The fraction of sp³-hybridized carbons (Fsp3) is 0.941. The lowest BCUT2D eigenvalue weighted by Gasteiger charge is -2.45. The summed E-state index contributed by atoms with van der Waals surface area (Å²) in [5.41, 5.74) is 6.26. The molecule has 1 heterocycles. The van der Waals surface area contributed by atoms with Crippen LogP contribution in [0.5, 0.6) is 0 Å². The van der Waals surface area contributed by atoms with Crippen LogP contribution in [-0.2, 0) is 4.79 Å². The largest absolute Gasteiger partial charge is 0.340 e. The maximum absolute atomic E-state index is 13.2. The van der Waals surface area contributed by atoms with Gasteiger partial charge in [0.25, 0.3) is 0 Å². The van der Waals surface area contributed by atoms with Crippen molar-refractivity contribution in [2.24, 2.45) is 23.5 Å². The second-order valence-electron chi connectivity index (χ2n) is 7.86. The van der Waals surface area contributed by atoms with E-state index in [4.69, 9.17) is 5.73 Å². The molecule has 1 saturated heterocycles. The van der Waals surface area contributed by atoms with Crippen molar-refractivity contribution < 1.29 is 22.4 Å². The average molecular weight is 365 g/mol. The summed E-state index contributed by atoms with van der Waals surface area (Å²) < 4.78 is 50.9. The van der Waals surface area contributed by atoms with Crippen molar-refractivity contribution in [3.63, 3.8) is 0 Å². The first kappa shape index (κ1) is 18.9. The van der Waals surface area contributed by atoms with Crippen LogP contribution in [0.3, 0.4) is 0 Å². The van der Waals surface area contributed by atoms with E-state index in [0.717, 1.165) is 25.7 Å². The molecule has 0 radical (unpaired) electrons. The van der Waals surface area contributed by atoms with Crippen molar-refractivity contribution in [3.8, 4) is 0 Å². The number of fused-ring (bicyclic) bond motifs is 2. The monoisotopic (exact) mass is 365 g/mol. The molecule has 2 N–H and O–H groups in total. The van der Waals surface area contributed by atoms with Gasteiger partial charge in [-0.3, -0.25) is 9.69 Å². The zero-order chi connectivity index (χ0) is 18.2. The molecule has 0 aromatic heterocycles. The van der Waals surface area contributed by atoms with Gasteiger partial charge in [-0.1, -0.05) is 6.42 Å². The number of nitrogens with zero attached hydrogens (tertiary/aromatic N) is 2. The van der Waals surface area contributed by atoms with Gasteiger partial charge in [0.15, 0.2) is 0 Å². The molecule has 2 unspecified atom stereocenters. The Labute approximate surface area is 145 Å². The van der Waals surface area contributed by atoms with E-state index in [2.05, 4.69) is 0 Å². The fourth-order valence-corrected chi connectivity index (χ4v) is 4.74. The van der Waals surface area contributed by atoms with E-state index >= 15 is 0 Å². The van der Waals surface area contributed by atoms with E-state index < -0.39 is 18.9 Å². The number of nitrogens with two attached hydrogens (primary N) is 1. The standard InChI is InChI=1S/C17H27F4N3O/c18-16(19)17(20,21)10-23-4-6-24(7-5-23)15(25)13-8-11-2-1-3-12(9-13)14(11)22/h11-14,16H,1-10,22H2. The number of halogens is 4.